The predicted molar refractivity (Wildman–Crippen MR) is 120 cm³/mol. The van der Waals surface area contributed by atoms with Crippen LogP contribution in [0.5, 0.6) is 0 Å². The van der Waals surface area contributed by atoms with E-state index in [1.807, 2.05) is 23.9 Å². The molecular formula is C23H24N2OS2. The third kappa shape index (κ3) is 4.42. The molecule has 0 saturated carbocycles. The Balaban J connectivity index is 1.38. The molecule has 0 bridgehead atoms. The van der Waals surface area contributed by atoms with Crippen LogP contribution in [-0.4, -0.2) is 24.2 Å². The van der Waals surface area contributed by atoms with E-state index in [1.165, 1.54) is 16.1 Å². The quantitative estimate of drug-likeness (QED) is 0.564. The zero-order valence-corrected chi connectivity index (χ0v) is 17.6. The molecule has 0 aliphatic carbocycles. The van der Waals surface area contributed by atoms with E-state index >= 15 is 0 Å². The normalized spacial score (nSPS) is 14.4. The largest absolute Gasteiger partial charge is 0.349 e. The second-order valence-corrected chi connectivity index (χ2v) is 9.20. The first-order valence-corrected chi connectivity index (χ1v) is 11.4. The van der Waals surface area contributed by atoms with E-state index in [4.69, 9.17) is 0 Å². The Kier molecular flexibility index (Phi) is 6.03. The fourth-order valence-electron chi connectivity index (χ4n) is 3.39. The first kappa shape index (κ1) is 19.1. The average molecular weight is 409 g/mol. The van der Waals surface area contributed by atoms with Crippen LogP contribution >= 0.6 is 23.1 Å². The van der Waals surface area contributed by atoms with Gasteiger partial charge in [0, 0.05) is 23.2 Å². The molecule has 0 saturated heterocycles. The van der Waals surface area contributed by atoms with Crippen LogP contribution in [0.4, 0.5) is 10.7 Å². The molecule has 144 valence electrons. The Hall–Kier alpha value is -2.24. The molecule has 3 aromatic rings. The summed E-state index contributed by atoms with van der Waals surface area (Å²) >= 11 is 3.47. The number of hydrogen-bond donors (Lipinski definition) is 1. The number of nitrogens with one attached hydrogen (secondary N) is 1. The fourth-order valence-corrected chi connectivity index (χ4v) is 5.33. The van der Waals surface area contributed by atoms with Gasteiger partial charge in [0.25, 0.3) is 5.91 Å². The highest BCUT2D eigenvalue weighted by atomic mass is 32.2. The number of amides is 1. The van der Waals surface area contributed by atoms with Crippen LogP contribution in [-0.2, 0) is 6.42 Å². The molecular weight excluding hydrogens is 384 g/mol. The van der Waals surface area contributed by atoms with Crippen LogP contribution in [0.15, 0.2) is 71.6 Å². The maximum Gasteiger partial charge on any atom is 0.261 e. The number of fused-ring (bicyclic) bond motifs is 1. The maximum absolute atomic E-state index is 12.7. The van der Waals surface area contributed by atoms with Crippen molar-refractivity contribution in [3.63, 3.8) is 0 Å². The topological polar surface area (TPSA) is 32.3 Å². The monoisotopic (exact) mass is 408 g/mol. The van der Waals surface area contributed by atoms with E-state index in [1.54, 1.807) is 11.3 Å². The van der Waals surface area contributed by atoms with Crippen molar-refractivity contribution in [3.05, 3.63) is 77.2 Å². The Morgan fingerprint density at radius 3 is 2.71 bits per heavy atom. The predicted octanol–water partition coefficient (Wildman–Crippen LogP) is 5.74. The van der Waals surface area contributed by atoms with Crippen LogP contribution in [0.1, 0.15) is 28.6 Å². The molecule has 28 heavy (non-hydrogen) atoms. The standard InChI is InChI=1S/C23H24N2OS2/c1-17(11-12-18-7-3-2-4-8-18)24-23(26)21-13-14-22(28-21)25-15-16-27-20-10-6-5-9-19(20)25/h2-10,13-14,17H,11-12,15-16H2,1H3,(H,24,26)/t17-/m1/s1. The smallest absolute Gasteiger partial charge is 0.261 e. The number of carbonyl (C=O) groups excluding carboxylic acids is 1. The van der Waals surface area contributed by atoms with Crippen molar-refractivity contribution in [1.29, 1.82) is 0 Å². The zero-order chi connectivity index (χ0) is 19.3. The first-order chi connectivity index (χ1) is 13.7. The van der Waals surface area contributed by atoms with Crippen molar-refractivity contribution in [1.82, 2.24) is 5.32 Å². The summed E-state index contributed by atoms with van der Waals surface area (Å²) in [5, 5.41) is 4.28. The molecule has 1 N–H and O–H groups in total. The molecule has 3 nitrogen and oxygen atoms in total. The Bertz CT molecular complexity index is 939. The second kappa shape index (κ2) is 8.84. The lowest BCUT2D eigenvalue weighted by Gasteiger charge is -2.29. The van der Waals surface area contributed by atoms with Crippen molar-refractivity contribution >= 4 is 39.7 Å². The first-order valence-electron chi connectivity index (χ1n) is 9.65. The minimum Gasteiger partial charge on any atom is -0.349 e. The van der Waals surface area contributed by atoms with Gasteiger partial charge in [-0.15, -0.1) is 23.1 Å². The molecule has 4 rings (SSSR count). The van der Waals surface area contributed by atoms with Gasteiger partial charge in [-0.25, -0.2) is 0 Å². The van der Waals surface area contributed by atoms with E-state index in [-0.39, 0.29) is 11.9 Å². The molecule has 0 radical (unpaired) electrons. The van der Waals surface area contributed by atoms with E-state index in [0.29, 0.717) is 0 Å². The summed E-state index contributed by atoms with van der Waals surface area (Å²) in [4.78, 5) is 17.1. The Morgan fingerprint density at radius 2 is 1.86 bits per heavy atom. The van der Waals surface area contributed by atoms with Gasteiger partial charge in [0.15, 0.2) is 0 Å². The molecule has 0 unspecified atom stereocenters. The third-order valence-electron chi connectivity index (χ3n) is 4.90. The molecule has 0 fully saturated rings. The van der Waals surface area contributed by atoms with Crippen LogP contribution in [0.2, 0.25) is 0 Å². The van der Waals surface area contributed by atoms with Gasteiger partial charge in [-0.05, 0) is 49.6 Å². The number of thioether (sulfide) groups is 1. The lowest BCUT2D eigenvalue weighted by Crippen LogP contribution is -2.32. The van der Waals surface area contributed by atoms with Gasteiger partial charge in [0.05, 0.1) is 15.6 Å². The van der Waals surface area contributed by atoms with E-state index in [9.17, 15) is 4.79 Å². The molecule has 1 aliphatic heterocycles. The highest BCUT2D eigenvalue weighted by Gasteiger charge is 2.21. The maximum atomic E-state index is 12.7. The average Bonchev–Trinajstić information content (AvgIpc) is 3.23. The van der Waals surface area contributed by atoms with Crippen molar-refractivity contribution in [2.45, 2.75) is 30.7 Å². The van der Waals surface area contributed by atoms with E-state index in [2.05, 4.69) is 71.7 Å². The van der Waals surface area contributed by atoms with Crippen LogP contribution in [0, 0.1) is 0 Å². The lowest BCUT2D eigenvalue weighted by molar-refractivity contribution is 0.0942. The summed E-state index contributed by atoms with van der Waals surface area (Å²) in [5.41, 5.74) is 2.55. The van der Waals surface area contributed by atoms with Crippen LogP contribution in [0.25, 0.3) is 0 Å². The van der Waals surface area contributed by atoms with Crippen LogP contribution < -0.4 is 10.2 Å². The van der Waals surface area contributed by atoms with Crippen molar-refractivity contribution < 1.29 is 4.79 Å². The number of thiophene rings is 1. The number of rotatable bonds is 6. The summed E-state index contributed by atoms with van der Waals surface area (Å²) in [6.45, 7) is 3.05. The van der Waals surface area contributed by atoms with Gasteiger partial charge in [-0.3, -0.25) is 4.79 Å². The van der Waals surface area contributed by atoms with Gasteiger partial charge in [-0.1, -0.05) is 42.5 Å². The number of para-hydroxylation sites is 1. The van der Waals surface area contributed by atoms with Crippen molar-refractivity contribution in [2.24, 2.45) is 0 Å². The summed E-state index contributed by atoms with van der Waals surface area (Å²) < 4.78 is 0. The van der Waals surface area contributed by atoms with E-state index < -0.39 is 0 Å². The summed E-state index contributed by atoms with van der Waals surface area (Å²) in [6, 6.07) is 23.1. The Morgan fingerprint density at radius 1 is 1.07 bits per heavy atom. The molecule has 0 spiro atoms. The minimum atomic E-state index is 0.0245. The SMILES string of the molecule is C[C@H](CCc1ccccc1)NC(=O)c1ccc(N2CCSc3ccccc32)s1. The number of nitrogens with zero attached hydrogens (tertiary/aromatic N) is 1. The number of anilines is 2. The molecule has 1 aliphatic rings. The van der Waals surface area contributed by atoms with Gasteiger partial charge in [0.2, 0.25) is 0 Å². The Labute approximate surface area is 174 Å². The van der Waals surface area contributed by atoms with Crippen molar-refractivity contribution in [3.8, 4) is 0 Å². The molecule has 2 aromatic carbocycles. The highest BCUT2D eigenvalue weighted by molar-refractivity contribution is 7.99. The molecule has 1 amide bonds. The number of hydrogen-bond acceptors (Lipinski definition) is 4. The molecule has 1 aromatic heterocycles. The van der Waals surface area contributed by atoms with Crippen molar-refractivity contribution in [2.75, 3.05) is 17.2 Å². The summed E-state index contributed by atoms with van der Waals surface area (Å²) in [7, 11) is 0. The van der Waals surface area contributed by atoms with E-state index in [0.717, 1.165) is 35.0 Å². The molecule has 5 heteroatoms. The van der Waals surface area contributed by atoms with Crippen LogP contribution in [0.3, 0.4) is 0 Å². The van der Waals surface area contributed by atoms with Gasteiger partial charge in [0.1, 0.15) is 0 Å². The number of benzene rings is 2. The van der Waals surface area contributed by atoms with Gasteiger partial charge in [-0.2, -0.15) is 0 Å². The summed E-state index contributed by atoms with van der Waals surface area (Å²) in [6.07, 6.45) is 1.91. The van der Waals surface area contributed by atoms with Gasteiger partial charge < -0.3 is 10.2 Å². The minimum absolute atomic E-state index is 0.0245. The van der Waals surface area contributed by atoms with Gasteiger partial charge >= 0.3 is 0 Å². The summed E-state index contributed by atoms with van der Waals surface area (Å²) in [5.74, 6) is 1.09. The number of aryl methyl sites for hydroxylation is 1. The highest BCUT2D eigenvalue weighted by Crippen LogP contribution is 2.41. The fraction of sp³-hybridized carbons (Fsp3) is 0.261. The zero-order valence-electron chi connectivity index (χ0n) is 15.9. The second-order valence-electron chi connectivity index (χ2n) is 7.00. The molecule has 2 heterocycles. The third-order valence-corrected chi connectivity index (χ3v) is 7.05. The molecule has 1 atom stereocenters. The number of carbonyl (C=O) groups is 1. The lowest BCUT2D eigenvalue weighted by atomic mass is 10.1.